The zero-order valence-corrected chi connectivity index (χ0v) is 19.0. The Balaban J connectivity index is 1.34. The van der Waals surface area contributed by atoms with Gasteiger partial charge in [-0.15, -0.1) is 0 Å². The minimum absolute atomic E-state index is 0.290. The molecule has 10 nitrogen and oxygen atoms in total. The van der Waals surface area contributed by atoms with Crippen molar-refractivity contribution in [3.05, 3.63) is 59.5 Å². The third kappa shape index (κ3) is 4.17. The lowest BCUT2D eigenvalue weighted by molar-refractivity contribution is 0.0519. The van der Waals surface area contributed by atoms with Gasteiger partial charge < -0.3 is 19.6 Å². The van der Waals surface area contributed by atoms with Crippen molar-refractivity contribution in [3.8, 4) is 11.4 Å². The number of rotatable bonds is 7. The van der Waals surface area contributed by atoms with Gasteiger partial charge in [0, 0.05) is 37.0 Å². The average molecular weight is 457 g/mol. The molecule has 1 aromatic carbocycles. The maximum Gasteiger partial charge on any atom is 0.357 e. The second kappa shape index (κ2) is 8.89. The molecule has 34 heavy (non-hydrogen) atoms. The lowest BCUT2D eigenvalue weighted by atomic mass is 10.1. The molecule has 172 valence electrons. The molecule has 10 heteroatoms. The fourth-order valence-electron chi connectivity index (χ4n) is 3.78. The predicted molar refractivity (Wildman–Crippen MR) is 127 cm³/mol. The number of fused-ring (bicyclic) bond motifs is 2. The third-order valence-electron chi connectivity index (χ3n) is 5.39. The number of aryl methyl sites for hydroxylation is 2. The summed E-state index contributed by atoms with van der Waals surface area (Å²) in [4.78, 5) is 33.1. The van der Waals surface area contributed by atoms with E-state index in [1.165, 1.54) is 0 Å². The van der Waals surface area contributed by atoms with Crippen LogP contribution in [0.25, 0.3) is 33.3 Å². The summed E-state index contributed by atoms with van der Waals surface area (Å²) in [6, 6.07) is 9.80. The number of H-pyrrole nitrogens is 1. The van der Waals surface area contributed by atoms with Crippen LogP contribution in [0.15, 0.2) is 41.1 Å². The summed E-state index contributed by atoms with van der Waals surface area (Å²) < 4.78 is 10.2. The minimum Gasteiger partial charge on any atom is -0.461 e. The average Bonchev–Trinajstić information content (AvgIpc) is 3.44. The summed E-state index contributed by atoms with van der Waals surface area (Å²) in [6.45, 7) is 6.26. The zero-order chi connectivity index (χ0) is 23.7. The number of benzene rings is 1. The fraction of sp³-hybridized carbons (Fsp3) is 0.250. The van der Waals surface area contributed by atoms with Crippen LogP contribution in [-0.4, -0.2) is 49.2 Å². The Morgan fingerprint density at radius 1 is 1.15 bits per heavy atom. The highest BCUT2D eigenvalue weighted by Gasteiger charge is 2.15. The Morgan fingerprint density at radius 3 is 2.82 bits per heavy atom. The Bertz CT molecular complexity index is 1510. The van der Waals surface area contributed by atoms with Gasteiger partial charge in [0.1, 0.15) is 11.6 Å². The number of carbonyl (C=O) groups is 1. The van der Waals surface area contributed by atoms with Crippen LogP contribution in [0.2, 0.25) is 0 Å². The van der Waals surface area contributed by atoms with Crippen molar-refractivity contribution in [2.75, 3.05) is 18.5 Å². The van der Waals surface area contributed by atoms with Crippen LogP contribution in [-0.2, 0) is 11.2 Å². The van der Waals surface area contributed by atoms with E-state index < -0.39 is 5.97 Å². The molecule has 0 fully saturated rings. The van der Waals surface area contributed by atoms with Crippen molar-refractivity contribution in [3.63, 3.8) is 0 Å². The highest BCUT2D eigenvalue weighted by Crippen LogP contribution is 2.26. The molecule has 5 rings (SSSR count). The molecular weight excluding hydrogens is 434 g/mol. The zero-order valence-electron chi connectivity index (χ0n) is 19.0. The molecule has 0 aliphatic rings. The Morgan fingerprint density at radius 2 is 2.03 bits per heavy atom. The van der Waals surface area contributed by atoms with E-state index in [0.29, 0.717) is 36.9 Å². The third-order valence-corrected chi connectivity index (χ3v) is 5.39. The number of aromatic amines is 1. The van der Waals surface area contributed by atoms with Gasteiger partial charge in [-0.2, -0.15) is 4.98 Å². The number of carbonyl (C=O) groups excluding carboxylic acids is 1. The van der Waals surface area contributed by atoms with Crippen LogP contribution >= 0.6 is 0 Å². The van der Waals surface area contributed by atoms with Crippen molar-refractivity contribution in [2.24, 2.45) is 0 Å². The van der Waals surface area contributed by atoms with Gasteiger partial charge in [-0.25, -0.2) is 19.7 Å². The second-order valence-corrected chi connectivity index (χ2v) is 7.84. The summed E-state index contributed by atoms with van der Waals surface area (Å²) in [5.74, 6) is 2.14. The van der Waals surface area contributed by atoms with Crippen LogP contribution in [0.3, 0.4) is 0 Å². The minimum atomic E-state index is -0.439. The van der Waals surface area contributed by atoms with E-state index in [0.717, 1.165) is 39.1 Å². The predicted octanol–water partition coefficient (Wildman–Crippen LogP) is 4.00. The first kappa shape index (κ1) is 21.5. The number of anilines is 1. The van der Waals surface area contributed by atoms with E-state index in [2.05, 4.69) is 35.4 Å². The van der Waals surface area contributed by atoms with Gasteiger partial charge in [-0.05, 0) is 43.0 Å². The molecule has 0 saturated carbocycles. The molecule has 0 aliphatic heterocycles. The normalized spacial score (nSPS) is 11.3. The lowest BCUT2D eigenvalue weighted by Gasteiger charge is -2.09. The van der Waals surface area contributed by atoms with E-state index in [1.54, 1.807) is 20.0 Å². The Labute approximate surface area is 194 Å². The lowest BCUT2D eigenvalue weighted by Crippen LogP contribution is -2.09. The first-order valence-corrected chi connectivity index (χ1v) is 11.0. The molecule has 0 saturated heterocycles. The molecule has 2 N–H and O–H groups in total. The maximum absolute atomic E-state index is 12.1. The molecule has 0 bridgehead atoms. The molecule has 0 radical (unpaired) electrons. The standard InChI is InChI=1S/C24H23N7O3/c1-4-33-24(32)20-13(2)11-18-23(30-20)29-19(28-18)8-10-26-22-17-12-16(21-27-14(3)34-31-21)6-5-15(17)7-9-25-22/h5-7,9,11-12H,4,8,10H2,1-3H3,(H,25,26)(H,28,29,30). The fourth-order valence-corrected chi connectivity index (χ4v) is 3.78. The molecule has 0 unspecified atom stereocenters. The number of imidazole rings is 1. The Kier molecular flexibility index (Phi) is 5.62. The largest absolute Gasteiger partial charge is 0.461 e. The van der Waals surface area contributed by atoms with Crippen LogP contribution < -0.4 is 5.32 Å². The monoisotopic (exact) mass is 457 g/mol. The van der Waals surface area contributed by atoms with Crippen molar-refractivity contribution < 1.29 is 14.1 Å². The van der Waals surface area contributed by atoms with Crippen LogP contribution in [0.1, 0.15) is 34.7 Å². The van der Waals surface area contributed by atoms with Crippen molar-refractivity contribution in [2.45, 2.75) is 27.2 Å². The van der Waals surface area contributed by atoms with E-state index in [4.69, 9.17) is 9.26 Å². The van der Waals surface area contributed by atoms with Gasteiger partial charge >= 0.3 is 5.97 Å². The first-order valence-electron chi connectivity index (χ1n) is 11.0. The van der Waals surface area contributed by atoms with E-state index in [-0.39, 0.29) is 5.69 Å². The van der Waals surface area contributed by atoms with Crippen LogP contribution in [0, 0.1) is 13.8 Å². The van der Waals surface area contributed by atoms with Gasteiger partial charge in [0.2, 0.25) is 11.7 Å². The molecular formula is C24H23N7O3. The second-order valence-electron chi connectivity index (χ2n) is 7.84. The number of nitrogens with zero attached hydrogens (tertiary/aromatic N) is 5. The van der Waals surface area contributed by atoms with Gasteiger partial charge in [-0.1, -0.05) is 17.3 Å². The molecule has 0 amide bonds. The van der Waals surface area contributed by atoms with Crippen molar-refractivity contribution in [1.29, 1.82) is 0 Å². The number of hydrogen-bond donors (Lipinski definition) is 2. The van der Waals surface area contributed by atoms with E-state index in [9.17, 15) is 4.79 Å². The van der Waals surface area contributed by atoms with Crippen LogP contribution in [0.4, 0.5) is 5.82 Å². The highest BCUT2D eigenvalue weighted by molar-refractivity contribution is 5.94. The van der Waals surface area contributed by atoms with Gasteiger partial charge in [-0.3, -0.25) is 0 Å². The molecule has 0 atom stereocenters. The van der Waals surface area contributed by atoms with Gasteiger partial charge in [0.25, 0.3) is 0 Å². The Hall–Kier alpha value is -4.34. The summed E-state index contributed by atoms with van der Waals surface area (Å²) in [7, 11) is 0. The summed E-state index contributed by atoms with van der Waals surface area (Å²) >= 11 is 0. The van der Waals surface area contributed by atoms with E-state index >= 15 is 0 Å². The van der Waals surface area contributed by atoms with E-state index in [1.807, 2.05) is 37.3 Å². The number of ether oxygens (including phenoxy) is 1. The van der Waals surface area contributed by atoms with Crippen molar-refractivity contribution >= 4 is 33.7 Å². The summed E-state index contributed by atoms with van der Waals surface area (Å²) in [6.07, 6.45) is 2.39. The highest BCUT2D eigenvalue weighted by atomic mass is 16.5. The quantitative estimate of drug-likeness (QED) is 0.348. The molecule has 4 aromatic heterocycles. The maximum atomic E-state index is 12.1. The summed E-state index contributed by atoms with van der Waals surface area (Å²) in [5.41, 5.74) is 3.16. The topological polar surface area (TPSA) is 132 Å². The van der Waals surface area contributed by atoms with Gasteiger partial charge in [0.05, 0.1) is 12.1 Å². The van der Waals surface area contributed by atoms with Crippen molar-refractivity contribution in [1.82, 2.24) is 30.1 Å². The van der Waals surface area contributed by atoms with Gasteiger partial charge in [0.15, 0.2) is 11.3 Å². The summed E-state index contributed by atoms with van der Waals surface area (Å²) in [5, 5.41) is 9.41. The number of nitrogens with one attached hydrogen (secondary N) is 2. The number of hydrogen-bond acceptors (Lipinski definition) is 9. The number of esters is 1. The first-order chi connectivity index (χ1) is 16.5. The number of pyridine rings is 2. The smallest absolute Gasteiger partial charge is 0.357 e. The molecule has 4 heterocycles. The van der Waals surface area contributed by atoms with Crippen LogP contribution in [0.5, 0.6) is 0 Å². The molecule has 0 spiro atoms. The number of aromatic nitrogens is 6. The SMILES string of the molecule is CCOC(=O)c1nc2nc(CCNc3nccc4ccc(-c5noc(C)n5)cc34)[nH]c2cc1C. The molecule has 5 aromatic rings. The molecule has 0 aliphatic carbocycles.